The average Bonchev–Trinajstić information content (AvgIpc) is 3.67. The molecular weight excluding hydrogens is 675 g/mol. The molecule has 2 aliphatic rings. The minimum Gasteiger partial charge on any atom is -0.383 e. The predicted octanol–water partition coefficient (Wildman–Crippen LogP) is 5.42. The molecule has 2 aliphatic heterocycles. The van der Waals surface area contributed by atoms with Crippen molar-refractivity contribution in [3.05, 3.63) is 113 Å². The number of rotatable bonds is 14. The second-order valence-corrected chi connectivity index (χ2v) is 13.5. The Morgan fingerprint density at radius 2 is 1.70 bits per heavy atom. The molecule has 3 aromatic carbocycles. The molecule has 3 heterocycles. The van der Waals surface area contributed by atoms with E-state index in [1.54, 1.807) is 79.9 Å². The Morgan fingerprint density at radius 1 is 0.925 bits per heavy atom. The largest absolute Gasteiger partial charge is 0.383 e. The lowest BCUT2D eigenvalue weighted by molar-refractivity contribution is 0.0338. The Balaban J connectivity index is 1.23. The van der Waals surface area contributed by atoms with E-state index in [4.69, 9.17) is 9.47 Å². The van der Waals surface area contributed by atoms with E-state index >= 15 is 0 Å². The first kappa shape index (κ1) is 37.6. The van der Waals surface area contributed by atoms with Crippen molar-refractivity contribution in [3.8, 4) is 11.3 Å². The third kappa shape index (κ3) is 9.64. The quantitative estimate of drug-likeness (QED) is 0.177. The zero-order valence-corrected chi connectivity index (χ0v) is 30.4. The van der Waals surface area contributed by atoms with E-state index in [1.807, 2.05) is 24.3 Å². The highest BCUT2D eigenvalue weighted by molar-refractivity contribution is 6.08. The maximum Gasteiger partial charge on any atom is 0.255 e. The minimum absolute atomic E-state index is 0.163. The molecule has 1 aromatic heterocycles. The third-order valence-electron chi connectivity index (χ3n) is 9.79. The second-order valence-electron chi connectivity index (χ2n) is 13.5. The molecule has 0 spiro atoms. The predicted molar refractivity (Wildman–Crippen MR) is 203 cm³/mol. The van der Waals surface area contributed by atoms with Gasteiger partial charge in [-0.1, -0.05) is 30.3 Å². The summed E-state index contributed by atoms with van der Waals surface area (Å²) in [6, 6.07) is 23.1. The smallest absolute Gasteiger partial charge is 0.255 e. The summed E-state index contributed by atoms with van der Waals surface area (Å²) in [6.07, 6.45) is 3.60. The number of ether oxygens (including phenoxy) is 2. The van der Waals surface area contributed by atoms with Crippen LogP contribution in [-0.2, 0) is 22.7 Å². The van der Waals surface area contributed by atoms with Gasteiger partial charge in [-0.05, 0) is 72.5 Å². The zero-order valence-electron chi connectivity index (χ0n) is 30.4. The number of carbonyl (C=O) groups is 3. The molecule has 0 saturated carbocycles. The molecule has 11 nitrogen and oxygen atoms in total. The van der Waals surface area contributed by atoms with E-state index in [1.165, 1.54) is 0 Å². The third-order valence-corrected chi connectivity index (χ3v) is 9.79. The van der Waals surface area contributed by atoms with Gasteiger partial charge in [0, 0.05) is 87.6 Å². The molecule has 3 amide bonds. The molecule has 53 heavy (non-hydrogen) atoms. The van der Waals surface area contributed by atoms with E-state index in [0.717, 1.165) is 50.3 Å². The van der Waals surface area contributed by atoms with E-state index in [-0.39, 0.29) is 30.3 Å². The SMILES string of the molecule is COC[C@H]1CCCN1c1ccc(NC(=O)c2cccc(C(=O)N(C)CCN3CCOCC3)c2)c(-c2cc(C(=O)NCc3cccc(CF)c3)ccn2)c1. The van der Waals surface area contributed by atoms with Crippen LogP contribution in [0.1, 0.15) is 55.0 Å². The fourth-order valence-electron chi connectivity index (χ4n) is 6.83. The zero-order chi connectivity index (χ0) is 37.2. The number of carbonyl (C=O) groups excluding carboxylic acids is 3. The van der Waals surface area contributed by atoms with Gasteiger partial charge in [0.2, 0.25) is 0 Å². The first-order chi connectivity index (χ1) is 25.8. The molecule has 0 unspecified atom stereocenters. The fraction of sp³-hybridized carbons (Fsp3) is 0.366. The molecule has 0 radical (unpaired) electrons. The number of methoxy groups -OCH3 is 1. The second kappa shape index (κ2) is 18.0. The van der Waals surface area contributed by atoms with Gasteiger partial charge in [0.1, 0.15) is 6.67 Å². The average molecular weight is 723 g/mol. The van der Waals surface area contributed by atoms with Crippen molar-refractivity contribution >= 4 is 29.1 Å². The van der Waals surface area contributed by atoms with Gasteiger partial charge in [-0.25, -0.2) is 4.39 Å². The summed E-state index contributed by atoms with van der Waals surface area (Å²) in [5, 5.41) is 5.97. The van der Waals surface area contributed by atoms with Crippen LogP contribution in [0.3, 0.4) is 0 Å². The lowest BCUT2D eigenvalue weighted by Gasteiger charge is -2.28. The summed E-state index contributed by atoms with van der Waals surface area (Å²) in [5.41, 5.74) is 5.10. The van der Waals surface area contributed by atoms with Gasteiger partial charge in [0.15, 0.2) is 0 Å². The molecule has 278 valence electrons. The number of nitrogens with one attached hydrogen (secondary N) is 2. The van der Waals surface area contributed by atoms with Gasteiger partial charge in [-0.3, -0.25) is 24.3 Å². The molecule has 2 fully saturated rings. The van der Waals surface area contributed by atoms with Crippen LogP contribution >= 0.6 is 0 Å². The topological polar surface area (TPSA) is 116 Å². The van der Waals surface area contributed by atoms with Crippen LogP contribution in [0.25, 0.3) is 11.3 Å². The van der Waals surface area contributed by atoms with Crippen molar-refractivity contribution in [3.63, 3.8) is 0 Å². The Hall–Kier alpha value is -5.17. The first-order valence-corrected chi connectivity index (χ1v) is 18.1. The summed E-state index contributed by atoms with van der Waals surface area (Å²) in [4.78, 5) is 51.3. The number of hydrogen-bond acceptors (Lipinski definition) is 8. The van der Waals surface area contributed by atoms with Crippen LogP contribution in [0.2, 0.25) is 0 Å². The highest BCUT2D eigenvalue weighted by atomic mass is 19.1. The van der Waals surface area contributed by atoms with E-state index in [9.17, 15) is 18.8 Å². The highest BCUT2D eigenvalue weighted by Crippen LogP contribution is 2.35. The number of alkyl halides is 1. The maximum absolute atomic E-state index is 13.8. The number of benzene rings is 3. The van der Waals surface area contributed by atoms with Gasteiger partial charge < -0.3 is 29.9 Å². The Bertz CT molecular complexity index is 1900. The van der Waals surface area contributed by atoms with Crippen molar-refractivity contribution in [2.24, 2.45) is 0 Å². The minimum atomic E-state index is -0.576. The number of nitrogens with zero attached hydrogens (tertiary/aromatic N) is 4. The van der Waals surface area contributed by atoms with Gasteiger partial charge in [0.05, 0.1) is 37.2 Å². The molecule has 4 aromatic rings. The number of anilines is 2. The molecule has 0 bridgehead atoms. The van der Waals surface area contributed by atoms with E-state index < -0.39 is 6.67 Å². The lowest BCUT2D eigenvalue weighted by atomic mass is 10.0. The van der Waals surface area contributed by atoms with Gasteiger partial charge in [-0.2, -0.15) is 0 Å². The Labute approximate surface area is 310 Å². The van der Waals surface area contributed by atoms with Crippen molar-refractivity contribution in [2.75, 3.05) is 76.9 Å². The van der Waals surface area contributed by atoms with Crippen LogP contribution in [0.5, 0.6) is 0 Å². The van der Waals surface area contributed by atoms with Crippen molar-refractivity contribution in [1.29, 1.82) is 0 Å². The normalized spacial score (nSPS) is 16.0. The molecule has 2 saturated heterocycles. The monoisotopic (exact) mass is 722 g/mol. The summed E-state index contributed by atoms with van der Waals surface area (Å²) in [6.45, 7) is 5.50. The van der Waals surface area contributed by atoms with Crippen LogP contribution in [-0.4, -0.2) is 105 Å². The van der Waals surface area contributed by atoms with Crippen molar-refractivity contribution < 1.29 is 28.2 Å². The molecule has 12 heteroatoms. The number of amides is 3. The van der Waals surface area contributed by atoms with Crippen molar-refractivity contribution in [2.45, 2.75) is 32.1 Å². The standard InChI is InChI=1S/C41H47FN6O5/c1-46(16-17-47-18-20-53-21-19-47)41(51)33-9-4-8-31(23-33)40(50)45-37-12-11-34(48-15-5-10-35(48)28-52-2)25-36(37)38-24-32(13-14-43-38)39(49)44-27-30-7-3-6-29(22-30)26-42/h3-4,6-9,11-14,22-25,35H,5,10,15-21,26-28H2,1-2H3,(H,44,49)(H,45,50)/t35-/m1/s1. The number of halogens is 1. The summed E-state index contributed by atoms with van der Waals surface area (Å²) < 4.78 is 24.1. The fourth-order valence-corrected chi connectivity index (χ4v) is 6.83. The molecule has 6 rings (SSSR count). The van der Waals surface area contributed by atoms with Gasteiger partial charge in [0.25, 0.3) is 17.7 Å². The number of hydrogen-bond donors (Lipinski definition) is 2. The van der Waals surface area contributed by atoms with E-state index in [0.29, 0.717) is 65.6 Å². The lowest BCUT2D eigenvalue weighted by Crippen LogP contribution is -2.41. The number of morpholine rings is 1. The first-order valence-electron chi connectivity index (χ1n) is 18.1. The van der Waals surface area contributed by atoms with Crippen LogP contribution in [0.4, 0.5) is 15.8 Å². The number of aromatic nitrogens is 1. The van der Waals surface area contributed by atoms with Crippen molar-refractivity contribution in [1.82, 2.24) is 20.1 Å². The Morgan fingerprint density at radius 3 is 2.51 bits per heavy atom. The van der Waals surface area contributed by atoms with Crippen LogP contribution in [0, 0.1) is 0 Å². The highest BCUT2D eigenvalue weighted by Gasteiger charge is 2.26. The van der Waals surface area contributed by atoms with Gasteiger partial charge in [-0.15, -0.1) is 0 Å². The molecule has 0 aliphatic carbocycles. The van der Waals surface area contributed by atoms with Crippen LogP contribution in [0.15, 0.2) is 85.1 Å². The molecular formula is C41H47FN6O5. The van der Waals surface area contributed by atoms with Gasteiger partial charge >= 0.3 is 0 Å². The number of pyridine rings is 1. The molecule has 1 atom stereocenters. The van der Waals surface area contributed by atoms with E-state index in [2.05, 4.69) is 25.4 Å². The Kier molecular flexibility index (Phi) is 12.8. The summed E-state index contributed by atoms with van der Waals surface area (Å²) in [5.74, 6) is -0.854. The van der Waals surface area contributed by atoms with Crippen LogP contribution < -0.4 is 15.5 Å². The summed E-state index contributed by atoms with van der Waals surface area (Å²) in [7, 11) is 3.47. The summed E-state index contributed by atoms with van der Waals surface area (Å²) >= 11 is 0. The number of likely N-dealkylation sites (N-methyl/N-ethyl adjacent to an activating group) is 1. The molecule has 2 N–H and O–H groups in total. The maximum atomic E-state index is 13.8.